The van der Waals surface area contributed by atoms with Gasteiger partial charge in [-0.05, 0) is 13.3 Å². The Hall–Kier alpha value is -0.990. The molecule has 1 aromatic rings. The summed E-state index contributed by atoms with van der Waals surface area (Å²) in [5.41, 5.74) is 5.55. The molecule has 0 amide bonds. The second-order valence-electron chi connectivity index (χ2n) is 2.83. The fourth-order valence-electron chi connectivity index (χ4n) is 1.48. The van der Waals surface area contributed by atoms with Crippen LogP contribution < -0.4 is 5.43 Å². The van der Waals surface area contributed by atoms with Crippen molar-refractivity contribution in [2.75, 3.05) is 12.5 Å². The van der Waals surface area contributed by atoms with Crippen molar-refractivity contribution in [3.63, 3.8) is 0 Å². The monoisotopic (exact) mass is 227 g/mol. The van der Waals surface area contributed by atoms with Gasteiger partial charge in [0.1, 0.15) is 5.82 Å². The van der Waals surface area contributed by atoms with Crippen LogP contribution in [-0.2, 0) is 12.8 Å². The largest absolute Gasteiger partial charge is 0.328 e. The standard InChI is InChI=1S/C9H17N3.2C2H6/c1-5-8-7(3)12(10-4)9(6-2)11-8;2*1-2/h10H,5-6H2,1-4H3;2*1-2H3. The first-order valence-corrected chi connectivity index (χ1v) is 6.49. The first-order valence-electron chi connectivity index (χ1n) is 6.49. The van der Waals surface area contributed by atoms with Crippen LogP contribution in [-0.4, -0.2) is 16.7 Å². The summed E-state index contributed by atoms with van der Waals surface area (Å²) >= 11 is 0. The zero-order valence-corrected chi connectivity index (χ0v) is 12.3. The number of hydrogen-bond donors (Lipinski definition) is 1. The van der Waals surface area contributed by atoms with E-state index in [4.69, 9.17) is 0 Å². The molecule has 96 valence electrons. The molecule has 0 atom stereocenters. The van der Waals surface area contributed by atoms with Gasteiger partial charge in [0.2, 0.25) is 0 Å². The molecule has 0 radical (unpaired) electrons. The Labute approximate surface area is 101 Å². The van der Waals surface area contributed by atoms with E-state index in [1.54, 1.807) is 0 Å². The van der Waals surface area contributed by atoms with Crippen molar-refractivity contribution in [2.24, 2.45) is 0 Å². The molecule has 0 saturated heterocycles. The van der Waals surface area contributed by atoms with Gasteiger partial charge >= 0.3 is 0 Å². The van der Waals surface area contributed by atoms with Crippen molar-refractivity contribution >= 4 is 0 Å². The molecule has 1 heterocycles. The van der Waals surface area contributed by atoms with Crippen LogP contribution >= 0.6 is 0 Å². The number of imidazole rings is 1. The maximum atomic E-state index is 4.52. The maximum absolute atomic E-state index is 4.52. The lowest BCUT2D eigenvalue weighted by molar-refractivity contribution is 0.797. The van der Waals surface area contributed by atoms with E-state index in [-0.39, 0.29) is 0 Å². The van der Waals surface area contributed by atoms with Gasteiger partial charge in [0, 0.05) is 13.5 Å². The van der Waals surface area contributed by atoms with E-state index in [1.807, 2.05) is 34.7 Å². The van der Waals surface area contributed by atoms with E-state index in [1.165, 1.54) is 11.4 Å². The molecule has 0 spiro atoms. The van der Waals surface area contributed by atoms with Gasteiger partial charge in [-0.2, -0.15) is 0 Å². The Balaban J connectivity index is 0. The minimum absolute atomic E-state index is 0.974. The summed E-state index contributed by atoms with van der Waals surface area (Å²) in [5.74, 6) is 1.12. The van der Waals surface area contributed by atoms with Crippen molar-refractivity contribution in [3.8, 4) is 0 Å². The average Bonchev–Trinajstić information content (AvgIpc) is 2.69. The second-order valence-corrected chi connectivity index (χ2v) is 2.83. The van der Waals surface area contributed by atoms with Crippen molar-refractivity contribution in [3.05, 3.63) is 17.2 Å². The molecule has 0 bridgehead atoms. The minimum atomic E-state index is 0.974. The van der Waals surface area contributed by atoms with Gasteiger partial charge in [0.15, 0.2) is 0 Å². The molecule has 0 aromatic carbocycles. The Morgan fingerprint density at radius 2 is 1.56 bits per heavy atom. The summed E-state index contributed by atoms with van der Waals surface area (Å²) in [7, 11) is 1.92. The highest BCUT2D eigenvalue weighted by Gasteiger charge is 2.08. The summed E-state index contributed by atoms with van der Waals surface area (Å²) in [6.45, 7) is 14.4. The van der Waals surface area contributed by atoms with Gasteiger partial charge in [0.25, 0.3) is 0 Å². The zero-order valence-electron chi connectivity index (χ0n) is 12.3. The third kappa shape index (κ3) is 4.25. The van der Waals surface area contributed by atoms with Crippen LogP contribution in [0.3, 0.4) is 0 Å². The summed E-state index contributed by atoms with van der Waals surface area (Å²) < 4.78 is 2.05. The predicted molar refractivity (Wildman–Crippen MR) is 73.7 cm³/mol. The van der Waals surface area contributed by atoms with Crippen LogP contribution in [0.1, 0.15) is 58.8 Å². The smallest absolute Gasteiger partial charge is 0.127 e. The molecule has 0 aliphatic heterocycles. The first kappa shape index (κ1) is 17.4. The quantitative estimate of drug-likeness (QED) is 0.856. The molecular formula is C13H29N3. The third-order valence-electron chi connectivity index (χ3n) is 2.15. The molecule has 16 heavy (non-hydrogen) atoms. The Morgan fingerprint density at radius 1 is 1.06 bits per heavy atom. The van der Waals surface area contributed by atoms with Crippen LogP contribution in [0, 0.1) is 6.92 Å². The Morgan fingerprint density at radius 3 is 1.81 bits per heavy atom. The van der Waals surface area contributed by atoms with Crippen LogP contribution in [0.25, 0.3) is 0 Å². The number of aryl methyl sites for hydroxylation is 2. The SMILES string of the molecule is CC.CC.CCc1nc(CC)n(NC)c1C. The molecule has 3 heteroatoms. The molecule has 0 aliphatic rings. The van der Waals surface area contributed by atoms with Gasteiger partial charge in [-0.15, -0.1) is 0 Å². The molecule has 1 aromatic heterocycles. The normalized spacial score (nSPS) is 8.50. The van der Waals surface area contributed by atoms with Crippen molar-refractivity contribution < 1.29 is 0 Å². The number of rotatable bonds is 3. The maximum Gasteiger partial charge on any atom is 0.127 e. The molecule has 1 N–H and O–H groups in total. The number of aromatic nitrogens is 2. The topological polar surface area (TPSA) is 29.9 Å². The molecule has 1 rings (SSSR count). The highest BCUT2D eigenvalue weighted by molar-refractivity contribution is 5.17. The van der Waals surface area contributed by atoms with E-state index in [0.717, 1.165) is 18.7 Å². The Kier molecular flexibility index (Phi) is 11.5. The lowest BCUT2D eigenvalue weighted by Crippen LogP contribution is -2.13. The summed E-state index contributed by atoms with van der Waals surface area (Å²) in [4.78, 5) is 4.52. The lowest BCUT2D eigenvalue weighted by Gasteiger charge is -2.06. The summed E-state index contributed by atoms with van der Waals surface area (Å²) in [5, 5.41) is 0. The number of nitrogens with zero attached hydrogens (tertiary/aromatic N) is 2. The molecule has 0 unspecified atom stereocenters. The van der Waals surface area contributed by atoms with E-state index < -0.39 is 0 Å². The van der Waals surface area contributed by atoms with Crippen LogP contribution in [0.15, 0.2) is 0 Å². The first-order chi connectivity index (χ1) is 7.74. The predicted octanol–water partition coefficient (Wildman–Crippen LogP) is 3.54. The highest BCUT2D eigenvalue weighted by Crippen LogP contribution is 2.09. The highest BCUT2D eigenvalue weighted by atomic mass is 15.4. The second kappa shape index (κ2) is 10.5. The molecule has 0 fully saturated rings. The summed E-state index contributed by atoms with van der Waals surface area (Å²) in [6, 6.07) is 0. The Bertz CT molecular complexity index is 264. The van der Waals surface area contributed by atoms with Crippen LogP contribution in [0.4, 0.5) is 0 Å². The van der Waals surface area contributed by atoms with Gasteiger partial charge in [-0.3, -0.25) is 0 Å². The summed E-state index contributed by atoms with van der Waals surface area (Å²) in [6.07, 6.45) is 1.98. The van der Waals surface area contributed by atoms with E-state index >= 15 is 0 Å². The van der Waals surface area contributed by atoms with Gasteiger partial charge in [-0.25, -0.2) is 9.66 Å². The fraction of sp³-hybridized carbons (Fsp3) is 0.769. The van der Waals surface area contributed by atoms with Gasteiger partial charge < -0.3 is 5.43 Å². The van der Waals surface area contributed by atoms with Crippen molar-refractivity contribution in [1.29, 1.82) is 0 Å². The van der Waals surface area contributed by atoms with Crippen molar-refractivity contribution in [1.82, 2.24) is 9.66 Å². The third-order valence-corrected chi connectivity index (χ3v) is 2.15. The number of nitrogens with one attached hydrogen (secondary N) is 1. The zero-order chi connectivity index (χ0) is 13.1. The van der Waals surface area contributed by atoms with Crippen LogP contribution in [0.2, 0.25) is 0 Å². The van der Waals surface area contributed by atoms with Crippen molar-refractivity contribution in [2.45, 2.75) is 61.3 Å². The van der Waals surface area contributed by atoms with E-state index in [0.29, 0.717) is 0 Å². The molecule has 0 aliphatic carbocycles. The average molecular weight is 227 g/mol. The van der Waals surface area contributed by atoms with Gasteiger partial charge in [0.05, 0.1) is 11.4 Å². The molecular weight excluding hydrogens is 198 g/mol. The lowest BCUT2D eigenvalue weighted by atomic mass is 10.3. The van der Waals surface area contributed by atoms with Crippen LogP contribution in [0.5, 0.6) is 0 Å². The number of hydrogen-bond acceptors (Lipinski definition) is 2. The molecule has 3 nitrogen and oxygen atoms in total. The fourth-order valence-corrected chi connectivity index (χ4v) is 1.48. The minimum Gasteiger partial charge on any atom is -0.328 e. The van der Waals surface area contributed by atoms with E-state index in [9.17, 15) is 0 Å². The molecule has 0 saturated carbocycles. The van der Waals surface area contributed by atoms with E-state index in [2.05, 4.69) is 35.9 Å². The van der Waals surface area contributed by atoms with Gasteiger partial charge in [-0.1, -0.05) is 41.5 Å².